The number of hydrogen-bond acceptors (Lipinski definition) is 1. The zero-order chi connectivity index (χ0) is 13.0. The Bertz CT molecular complexity index is 377. The highest BCUT2D eigenvalue weighted by Gasteiger charge is 2.20. The molecule has 2 rings (SSSR count). The Labute approximate surface area is 119 Å². The van der Waals surface area contributed by atoms with Gasteiger partial charge in [0.25, 0.3) is 0 Å². The van der Waals surface area contributed by atoms with Crippen molar-refractivity contribution in [3.05, 3.63) is 35.4 Å². The van der Waals surface area contributed by atoms with Gasteiger partial charge in [-0.2, -0.15) is 0 Å². The van der Waals surface area contributed by atoms with Gasteiger partial charge in [-0.05, 0) is 49.1 Å². The van der Waals surface area contributed by atoms with Gasteiger partial charge < -0.3 is 5.32 Å². The Hall–Kier alpha value is -0.340. The van der Waals surface area contributed by atoms with Gasteiger partial charge in [-0.1, -0.05) is 47.1 Å². The number of alkyl halides is 1. The summed E-state index contributed by atoms with van der Waals surface area (Å²) in [4.78, 5) is 0. The zero-order valence-electron chi connectivity index (χ0n) is 11.5. The highest BCUT2D eigenvalue weighted by atomic mass is 79.9. The maximum absolute atomic E-state index is 3.71. The largest absolute Gasteiger partial charge is 0.313 e. The number of rotatable bonds is 5. The molecule has 0 amide bonds. The molecule has 0 aromatic heterocycles. The number of halogens is 1. The first kappa shape index (κ1) is 14.1. The van der Waals surface area contributed by atoms with E-state index in [1.54, 1.807) is 11.1 Å². The molecule has 1 aliphatic carbocycles. The fourth-order valence-electron chi connectivity index (χ4n) is 2.73. The maximum atomic E-state index is 3.71. The molecule has 3 unspecified atom stereocenters. The average molecular weight is 310 g/mol. The minimum absolute atomic E-state index is 0.582. The maximum Gasteiger partial charge on any atom is 0.00725 e. The lowest BCUT2D eigenvalue weighted by Gasteiger charge is -2.28. The van der Waals surface area contributed by atoms with Gasteiger partial charge in [0.05, 0.1) is 0 Å². The van der Waals surface area contributed by atoms with Crippen LogP contribution in [0.2, 0.25) is 0 Å². The fraction of sp³-hybridized carbons (Fsp3) is 0.625. The van der Waals surface area contributed by atoms with Crippen LogP contribution < -0.4 is 5.32 Å². The lowest BCUT2D eigenvalue weighted by Crippen LogP contribution is -2.36. The number of fused-ring (bicyclic) bond motifs is 1. The molecule has 0 spiro atoms. The van der Waals surface area contributed by atoms with Crippen LogP contribution in [-0.2, 0) is 6.42 Å². The summed E-state index contributed by atoms with van der Waals surface area (Å²) in [6.45, 7) is 5.71. The molecule has 0 bridgehead atoms. The van der Waals surface area contributed by atoms with Crippen molar-refractivity contribution in [1.29, 1.82) is 0 Å². The number of aryl methyl sites for hydroxylation is 1. The summed E-state index contributed by atoms with van der Waals surface area (Å²) < 4.78 is 0. The summed E-state index contributed by atoms with van der Waals surface area (Å²) in [5, 5.41) is 4.79. The topological polar surface area (TPSA) is 12.0 Å². The molecule has 3 atom stereocenters. The van der Waals surface area contributed by atoms with Gasteiger partial charge in [-0.15, -0.1) is 0 Å². The second kappa shape index (κ2) is 6.72. The van der Waals surface area contributed by atoms with E-state index in [9.17, 15) is 0 Å². The Morgan fingerprint density at radius 3 is 2.89 bits per heavy atom. The highest BCUT2D eigenvalue weighted by Crippen LogP contribution is 2.30. The molecule has 0 heterocycles. The molecule has 0 radical (unpaired) electrons. The number of hydrogen-bond donors (Lipinski definition) is 1. The molecule has 0 saturated heterocycles. The van der Waals surface area contributed by atoms with Gasteiger partial charge in [0.2, 0.25) is 0 Å². The van der Waals surface area contributed by atoms with Crippen molar-refractivity contribution in [3.63, 3.8) is 0 Å². The lowest BCUT2D eigenvalue weighted by molar-refractivity contribution is 0.402. The first-order chi connectivity index (χ1) is 8.72. The SMILES string of the molecule is CC(CBr)C(C)NCC1CCCc2ccccc21. The molecule has 0 aliphatic heterocycles. The minimum Gasteiger partial charge on any atom is -0.313 e. The molecule has 0 fully saturated rings. The minimum atomic E-state index is 0.582. The van der Waals surface area contributed by atoms with E-state index < -0.39 is 0 Å². The van der Waals surface area contributed by atoms with Crippen molar-refractivity contribution in [3.8, 4) is 0 Å². The van der Waals surface area contributed by atoms with Gasteiger partial charge in [0.1, 0.15) is 0 Å². The molecule has 2 heteroatoms. The number of benzene rings is 1. The van der Waals surface area contributed by atoms with Crippen LogP contribution in [0.25, 0.3) is 0 Å². The molecule has 0 saturated carbocycles. The molecule has 1 nitrogen and oxygen atoms in total. The summed E-state index contributed by atoms with van der Waals surface area (Å²) in [6.07, 6.45) is 3.94. The van der Waals surface area contributed by atoms with E-state index in [4.69, 9.17) is 0 Å². The summed E-state index contributed by atoms with van der Waals surface area (Å²) >= 11 is 3.57. The van der Waals surface area contributed by atoms with Crippen LogP contribution in [-0.4, -0.2) is 17.9 Å². The van der Waals surface area contributed by atoms with Crippen molar-refractivity contribution < 1.29 is 0 Å². The molecule has 1 aromatic carbocycles. The summed E-state index contributed by atoms with van der Waals surface area (Å²) in [6, 6.07) is 9.55. The third kappa shape index (κ3) is 3.36. The fourth-order valence-corrected chi connectivity index (χ4v) is 3.29. The lowest BCUT2D eigenvalue weighted by atomic mass is 9.82. The second-order valence-electron chi connectivity index (χ2n) is 5.62. The molecular weight excluding hydrogens is 286 g/mol. The van der Waals surface area contributed by atoms with Crippen LogP contribution in [0.5, 0.6) is 0 Å². The Kier molecular flexibility index (Phi) is 5.25. The van der Waals surface area contributed by atoms with Gasteiger partial charge >= 0.3 is 0 Å². The van der Waals surface area contributed by atoms with E-state index in [0.717, 1.165) is 11.9 Å². The summed E-state index contributed by atoms with van der Waals surface area (Å²) in [5.41, 5.74) is 3.15. The van der Waals surface area contributed by atoms with Crippen molar-refractivity contribution in [2.75, 3.05) is 11.9 Å². The molecule has 1 N–H and O–H groups in total. The van der Waals surface area contributed by atoms with E-state index in [1.165, 1.54) is 19.3 Å². The van der Waals surface area contributed by atoms with Crippen LogP contribution in [0.4, 0.5) is 0 Å². The molecular formula is C16H24BrN. The number of nitrogens with one attached hydrogen (secondary N) is 1. The third-order valence-corrected chi connectivity index (χ3v) is 5.30. The van der Waals surface area contributed by atoms with Crippen LogP contribution in [0.1, 0.15) is 43.7 Å². The van der Waals surface area contributed by atoms with E-state index in [1.807, 2.05) is 0 Å². The van der Waals surface area contributed by atoms with Gasteiger partial charge in [0.15, 0.2) is 0 Å². The smallest absolute Gasteiger partial charge is 0.00725 e. The monoisotopic (exact) mass is 309 g/mol. The van der Waals surface area contributed by atoms with E-state index in [-0.39, 0.29) is 0 Å². The van der Waals surface area contributed by atoms with Crippen LogP contribution in [0, 0.1) is 5.92 Å². The van der Waals surface area contributed by atoms with Gasteiger partial charge in [0, 0.05) is 17.9 Å². The molecule has 1 aliphatic rings. The molecule has 1 aromatic rings. The predicted octanol–water partition coefficient (Wildman–Crippen LogP) is 4.12. The van der Waals surface area contributed by atoms with Crippen molar-refractivity contribution in [1.82, 2.24) is 5.32 Å². The average Bonchev–Trinajstić information content (AvgIpc) is 2.43. The normalized spacial score (nSPS) is 22.3. The summed E-state index contributed by atoms with van der Waals surface area (Å²) in [7, 11) is 0. The standard InChI is InChI=1S/C16H24BrN/c1-12(10-17)13(2)18-11-15-8-5-7-14-6-3-4-9-16(14)15/h3-4,6,9,12-13,15,18H,5,7-8,10-11H2,1-2H3. The van der Waals surface area contributed by atoms with Crippen LogP contribution in [0.15, 0.2) is 24.3 Å². The van der Waals surface area contributed by atoms with E-state index in [2.05, 4.69) is 59.4 Å². The van der Waals surface area contributed by atoms with Gasteiger partial charge in [-0.3, -0.25) is 0 Å². The van der Waals surface area contributed by atoms with Crippen LogP contribution >= 0.6 is 15.9 Å². The quantitative estimate of drug-likeness (QED) is 0.807. The first-order valence-electron chi connectivity index (χ1n) is 7.09. The Balaban J connectivity index is 1.95. The molecule has 100 valence electrons. The Morgan fingerprint density at radius 2 is 2.11 bits per heavy atom. The zero-order valence-corrected chi connectivity index (χ0v) is 13.0. The van der Waals surface area contributed by atoms with E-state index >= 15 is 0 Å². The third-order valence-electron chi connectivity index (χ3n) is 4.28. The molecule has 18 heavy (non-hydrogen) atoms. The highest BCUT2D eigenvalue weighted by molar-refractivity contribution is 9.09. The summed E-state index contributed by atoms with van der Waals surface area (Å²) in [5.74, 6) is 1.39. The van der Waals surface area contributed by atoms with Crippen LogP contribution in [0.3, 0.4) is 0 Å². The van der Waals surface area contributed by atoms with Crippen molar-refractivity contribution in [2.24, 2.45) is 5.92 Å². The van der Waals surface area contributed by atoms with Crippen molar-refractivity contribution in [2.45, 2.75) is 45.1 Å². The first-order valence-corrected chi connectivity index (χ1v) is 8.21. The Morgan fingerprint density at radius 1 is 1.33 bits per heavy atom. The predicted molar refractivity (Wildman–Crippen MR) is 82.5 cm³/mol. The van der Waals surface area contributed by atoms with Crippen molar-refractivity contribution >= 4 is 15.9 Å². The van der Waals surface area contributed by atoms with Gasteiger partial charge in [-0.25, -0.2) is 0 Å². The second-order valence-corrected chi connectivity index (χ2v) is 6.26. The van der Waals surface area contributed by atoms with E-state index in [0.29, 0.717) is 17.9 Å².